The maximum Gasteiger partial charge on any atom is 0.377 e. The van der Waals surface area contributed by atoms with Gasteiger partial charge in [0.1, 0.15) is 11.5 Å². The summed E-state index contributed by atoms with van der Waals surface area (Å²) in [6, 6.07) is 9.84. The second-order valence-electron chi connectivity index (χ2n) is 11.7. The maximum atomic E-state index is 13.0. The van der Waals surface area contributed by atoms with Gasteiger partial charge in [-0.05, 0) is 98.9 Å². The fourth-order valence-corrected chi connectivity index (χ4v) is 8.08. The SMILES string of the molecule is O=C(O)C(=O)c1ccccc1C1=C2C=C3CCCN4CCCC(=C2Oc2c1cc1c5c2CCCN5CCC1)C34. The second kappa shape index (κ2) is 8.68. The zero-order valence-electron chi connectivity index (χ0n) is 22.1. The van der Waals surface area contributed by atoms with Crippen LogP contribution in [0.4, 0.5) is 5.69 Å². The van der Waals surface area contributed by atoms with Gasteiger partial charge in [-0.1, -0.05) is 24.3 Å². The third kappa shape index (κ3) is 3.37. The number of aliphatic carboxylic acids is 1. The van der Waals surface area contributed by atoms with Crippen LogP contribution < -0.4 is 9.64 Å². The van der Waals surface area contributed by atoms with Crippen LogP contribution in [0.1, 0.15) is 71.1 Å². The van der Waals surface area contributed by atoms with Crippen LogP contribution in [-0.2, 0) is 17.6 Å². The Hall–Kier alpha value is -3.64. The van der Waals surface area contributed by atoms with Gasteiger partial charge >= 0.3 is 5.97 Å². The number of ketones is 1. The highest BCUT2D eigenvalue weighted by molar-refractivity contribution is 6.40. The van der Waals surface area contributed by atoms with E-state index in [-0.39, 0.29) is 5.56 Å². The molecule has 6 nitrogen and oxygen atoms in total. The number of carboxylic acids is 1. The fraction of sp³-hybridized carbons (Fsp3) is 0.394. The summed E-state index contributed by atoms with van der Waals surface area (Å²) in [7, 11) is 0. The van der Waals surface area contributed by atoms with Crippen molar-refractivity contribution in [2.75, 3.05) is 31.1 Å². The standard InChI is InChI=1S/C33H32N2O4/c36-30(33(37)38)22-10-2-1-9-21(22)27-25-17-19-7-3-13-34-15-5-11-23(28(19)34)31(25)39-32-24-12-6-16-35-14-4-8-20(29(24)35)18-26(27)32/h1-2,9-10,17-18,28H,3-8,11-16H2,(H,37,38). The number of ether oxygens (including phenoxy) is 1. The van der Waals surface area contributed by atoms with Crippen LogP contribution in [0.3, 0.4) is 0 Å². The molecule has 0 saturated carbocycles. The molecule has 6 heteroatoms. The van der Waals surface area contributed by atoms with E-state index in [2.05, 4.69) is 21.9 Å². The number of anilines is 1. The normalized spacial score (nSPS) is 23.2. The predicted molar refractivity (Wildman–Crippen MR) is 149 cm³/mol. The predicted octanol–water partition coefficient (Wildman–Crippen LogP) is 5.30. The minimum atomic E-state index is -1.42. The Labute approximate surface area is 228 Å². The second-order valence-corrected chi connectivity index (χ2v) is 11.7. The molecule has 39 heavy (non-hydrogen) atoms. The first-order valence-electron chi connectivity index (χ1n) is 14.5. The number of nitrogens with zero attached hydrogens (tertiary/aromatic N) is 2. The average Bonchev–Trinajstić information content (AvgIpc) is 2.97. The highest BCUT2D eigenvalue weighted by Gasteiger charge is 2.42. The van der Waals surface area contributed by atoms with Crippen LogP contribution in [0, 0.1) is 0 Å². The summed E-state index contributed by atoms with van der Waals surface area (Å²) in [5.41, 5.74) is 10.7. The number of aryl methyl sites for hydroxylation is 1. The van der Waals surface area contributed by atoms with Crippen molar-refractivity contribution in [1.82, 2.24) is 4.90 Å². The molecule has 1 atom stereocenters. The lowest BCUT2D eigenvalue weighted by Gasteiger charge is -2.47. The molecule has 0 radical (unpaired) electrons. The zero-order valence-corrected chi connectivity index (χ0v) is 22.1. The summed E-state index contributed by atoms with van der Waals surface area (Å²) in [6.45, 7) is 4.40. The van der Waals surface area contributed by atoms with E-state index in [4.69, 9.17) is 4.74 Å². The Morgan fingerprint density at radius 1 is 0.897 bits per heavy atom. The number of Topliss-reactive ketones (excluding diaryl/α,β-unsaturated/α-hetero) is 1. The van der Waals surface area contributed by atoms with E-state index in [0.717, 1.165) is 106 Å². The molecule has 1 N–H and O–H groups in total. The molecule has 1 unspecified atom stereocenters. The van der Waals surface area contributed by atoms with Crippen LogP contribution >= 0.6 is 0 Å². The topological polar surface area (TPSA) is 70.1 Å². The molecule has 198 valence electrons. The highest BCUT2D eigenvalue weighted by Crippen LogP contribution is 2.54. The fourth-order valence-electron chi connectivity index (χ4n) is 8.08. The first-order chi connectivity index (χ1) is 19.1. The van der Waals surface area contributed by atoms with E-state index in [9.17, 15) is 14.7 Å². The number of hydrogen-bond donors (Lipinski definition) is 1. The summed E-state index contributed by atoms with van der Waals surface area (Å²) >= 11 is 0. The van der Waals surface area contributed by atoms with E-state index in [0.29, 0.717) is 11.6 Å². The van der Waals surface area contributed by atoms with Crippen molar-refractivity contribution in [2.24, 2.45) is 0 Å². The van der Waals surface area contributed by atoms with Gasteiger partial charge < -0.3 is 14.7 Å². The Morgan fingerprint density at radius 2 is 1.67 bits per heavy atom. The van der Waals surface area contributed by atoms with Crippen molar-refractivity contribution >= 4 is 23.0 Å². The summed E-state index contributed by atoms with van der Waals surface area (Å²) in [6.07, 6.45) is 10.9. The smallest absolute Gasteiger partial charge is 0.377 e. The molecule has 2 saturated heterocycles. The number of carbonyl (C=O) groups excluding carboxylic acids is 1. The largest absolute Gasteiger partial charge is 0.475 e. The Bertz CT molecular complexity index is 1560. The molecular weight excluding hydrogens is 488 g/mol. The molecule has 6 aliphatic rings. The molecule has 0 bridgehead atoms. The van der Waals surface area contributed by atoms with E-state index >= 15 is 0 Å². The monoisotopic (exact) mass is 520 g/mol. The van der Waals surface area contributed by atoms with Crippen LogP contribution in [0.5, 0.6) is 5.75 Å². The average molecular weight is 521 g/mol. The third-order valence-electron chi connectivity index (χ3n) is 9.57. The third-order valence-corrected chi connectivity index (χ3v) is 9.57. The lowest BCUT2D eigenvalue weighted by Crippen LogP contribution is -2.47. The van der Waals surface area contributed by atoms with Crippen LogP contribution in [0.15, 0.2) is 58.9 Å². The molecule has 5 heterocycles. The molecule has 5 aliphatic heterocycles. The van der Waals surface area contributed by atoms with Gasteiger partial charge in [0.15, 0.2) is 0 Å². The van der Waals surface area contributed by atoms with Crippen LogP contribution in [0.2, 0.25) is 0 Å². The van der Waals surface area contributed by atoms with E-state index < -0.39 is 11.8 Å². The number of rotatable bonds is 3. The van der Waals surface area contributed by atoms with Crippen molar-refractivity contribution in [2.45, 2.75) is 57.4 Å². The number of allylic oxidation sites excluding steroid dienone is 1. The molecule has 2 aromatic carbocycles. The van der Waals surface area contributed by atoms with Crippen LogP contribution in [-0.4, -0.2) is 54.0 Å². The number of piperidine rings is 2. The number of fused-ring (bicyclic) bond motifs is 3. The van der Waals surface area contributed by atoms with E-state index in [1.165, 1.54) is 28.0 Å². The zero-order chi connectivity index (χ0) is 26.2. The number of carbonyl (C=O) groups is 2. The minimum Gasteiger partial charge on any atom is -0.475 e. The number of carboxylic acid groups (broad SMARTS) is 1. The molecule has 0 amide bonds. The maximum absolute atomic E-state index is 13.0. The van der Waals surface area contributed by atoms with Gasteiger partial charge in [0.25, 0.3) is 5.78 Å². The lowest BCUT2D eigenvalue weighted by molar-refractivity contribution is -0.131. The van der Waals surface area contributed by atoms with Crippen molar-refractivity contribution in [3.05, 3.63) is 86.7 Å². The number of benzene rings is 2. The van der Waals surface area contributed by atoms with Crippen molar-refractivity contribution in [3.8, 4) is 5.75 Å². The summed E-state index contributed by atoms with van der Waals surface area (Å²) in [5, 5.41) is 9.71. The van der Waals surface area contributed by atoms with E-state index in [1.807, 2.05) is 12.1 Å². The van der Waals surface area contributed by atoms with Gasteiger partial charge in [-0.25, -0.2) is 4.79 Å². The summed E-state index contributed by atoms with van der Waals surface area (Å²) in [4.78, 5) is 30.0. The van der Waals surface area contributed by atoms with Gasteiger partial charge in [-0.15, -0.1) is 0 Å². The van der Waals surface area contributed by atoms with Crippen molar-refractivity contribution < 1.29 is 19.4 Å². The van der Waals surface area contributed by atoms with Crippen molar-refractivity contribution in [1.29, 1.82) is 0 Å². The Morgan fingerprint density at radius 3 is 2.51 bits per heavy atom. The molecule has 2 aromatic rings. The molecule has 1 aliphatic carbocycles. The van der Waals surface area contributed by atoms with Gasteiger partial charge in [0, 0.05) is 46.6 Å². The van der Waals surface area contributed by atoms with Crippen LogP contribution in [0.25, 0.3) is 5.57 Å². The molecule has 0 spiro atoms. The quantitative estimate of drug-likeness (QED) is 0.438. The first-order valence-corrected chi connectivity index (χ1v) is 14.5. The molecule has 8 rings (SSSR count). The van der Waals surface area contributed by atoms with Gasteiger partial charge in [-0.3, -0.25) is 9.69 Å². The number of hydrogen-bond acceptors (Lipinski definition) is 5. The van der Waals surface area contributed by atoms with Gasteiger partial charge in [-0.2, -0.15) is 0 Å². The molecule has 2 fully saturated rings. The Balaban J connectivity index is 1.46. The minimum absolute atomic E-state index is 0.243. The molecular formula is C33H32N2O4. The Kier molecular flexibility index (Phi) is 5.18. The lowest BCUT2D eigenvalue weighted by atomic mass is 9.74. The highest BCUT2D eigenvalue weighted by atomic mass is 16.5. The van der Waals surface area contributed by atoms with Crippen molar-refractivity contribution in [3.63, 3.8) is 0 Å². The summed E-state index contributed by atoms with van der Waals surface area (Å²) < 4.78 is 7.06. The molecule has 0 aromatic heterocycles. The first kappa shape index (κ1) is 23.3. The van der Waals surface area contributed by atoms with E-state index in [1.54, 1.807) is 12.1 Å². The van der Waals surface area contributed by atoms with Gasteiger partial charge in [0.05, 0.1) is 6.04 Å². The van der Waals surface area contributed by atoms with Gasteiger partial charge in [0.2, 0.25) is 0 Å². The summed E-state index contributed by atoms with van der Waals surface area (Å²) in [5.74, 6) is -0.426.